The van der Waals surface area contributed by atoms with Crippen molar-refractivity contribution in [3.05, 3.63) is 35.1 Å². The molecule has 0 spiro atoms. The van der Waals surface area contributed by atoms with Crippen LogP contribution in [0.4, 0.5) is 9.18 Å². The third-order valence-electron chi connectivity index (χ3n) is 2.90. The summed E-state index contributed by atoms with van der Waals surface area (Å²) in [5.74, 6) is -0.239. The van der Waals surface area contributed by atoms with Gasteiger partial charge in [-0.1, -0.05) is 6.07 Å². The van der Waals surface area contributed by atoms with E-state index in [-0.39, 0.29) is 11.9 Å². The smallest absolute Gasteiger partial charge is 0.407 e. The first-order valence-corrected chi connectivity index (χ1v) is 7.12. The molecule has 0 saturated heterocycles. The van der Waals surface area contributed by atoms with Crippen molar-refractivity contribution in [2.75, 3.05) is 6.54 Å². The van der Waals surface area contributed by atoms with Gasteiger partial charge in [0.1, 0.15) is 11.4 Å². The zero-order chi connectivity index (χ0) is 16.0. The summed E-state index contributed by atoms with van der Waals surface area (Å²) >= 11 is 0. The predicted octanol–water partition coefficient (Wildman–Crippen LogP) is 3.14. The van der Waals surface area contributed by atoms with Crippen LogP contribution in [0.5, 0.6) is 0 Å². The van der Waals surface area contributed by atoms with Crippen molar-refractivity contribution in [1.29, 1.82) is 0 Å². The van der Waals surface area contributed by atoms with Crippen molar-refractivity contribution >= 4 is 6.09 Å². The van der Waals surface area contributed by atoms with Crippen molar-refractivity contribution in [3.63, 3.8) is 0 Å². The molecule has 1 unspecified atom stereocenters. The van der Waals surface area contributed by atoms with Gasteiger partial charge in [0.15, 0.2) is 0 Å². The molecule has 1 atom stereocenters. The third kappa shape index (κ3) is 7.09. The average molecular weight is 296 g/mol. The first-order chi connectivity index (χ1) is 9.67. The lowest BCUT2D eigenvalue weighted by Crippen LogP contribution is -2.41. The van der Waals surface area contributed by atoms with Crippen molar-refractivity contribution in [2.24, 2.45) is 0 Å². The summed E-state index contributed by atoms with van der Waals surface area (Å²) in [6.07, 6.45) is -0.432. The molecule has 0 aromatic heterocycles. The second-order valence-electron chi connectivity index (χ2n) is 6.24. The number of carbonyl (C=O) groups is 1. The molecule has 0 aliphatic heterocycles. The summed E-state index contributed by atoms with van der Waals surface area (Å²) in [5.41, 5.74) is 1.45. The van der Waals surface area contributed by atoms with E-state index in [1.807, 2.05) is 34.6 Å². The van der Waals surface area contributed by atoms with Gasteiger partial charge < -0.3 is 15.4 Å². The SMILES string of the molecule is Cc1ccc(F)cc1CNC(C)CNC(=O)OC(C)(C)C. The lowest BCUT2D eigenvalue weighted by molar-refractivity contribution is 0.0523. The maximum absolute atomic E-state index is 13.2. The highest BCUT2D eigenvalue weighted by Crippen LogP contribution is 2.10. The van der Waals surface area contributed by atoms with Crippen LogP contribution in [-0.4, -0.2) is 24.3 Å². The summed E-state index contributed by atoms with van der Waals surface area (Å²) in [7, 11) is 0. The van der Waals surface area contributed by atoms with E-state index < -0.39 is 11.7 Å². The Morgan fingerprint density at radius 3 is 2.67 bits per heavy atom. The van der Waals surface area contributed by atoms with Gasteiger partial charge >= 0.3 is 6.09 Å². The number of nitrogens with one attached hydrogen (secondary N) is 2. The van der Waals surface area contributed by atoms with Crippen LogP contribution >= 0.6 is 0 Å². The van der Waals surface area contributed by atoms with Crippen molar-refractivity contribution in [3.8, 4) is 0 Å². The van der Waals surface area contributed by atoms with Gasteiger partial charge in [-0.25, -0.2) is 9.18 Å². The van der Waals surface area contributed by atoms with E-state index in [2.05, 4.69) is 10.6 Å². The van der Waals surface area contributed by atoms with Gasteiger partial charge in [-0.05, 0) is 57.9 Å². The van der Waals surface area contributed by atoms with Crippen LogP contribution < -0.4 is 10.6 Å². The summed E-state index contributed by atoms with van der Waals surface area (Å²) in [6.45, 7) is 10.4. The van der Waals surface area contributed by atoms with Crippen LogP contribution in [0.1, 0.15) is 38.8 Å². The molecule has 0 radical (unpaired) electrons. The molecule has 0 aliphatic carbocycles. The Balaban J connectivity index is 2.36. The van der Waals surface area contributed by atoms with Crippen molar-refractivity contribution < 1.29 is 13.9 Å². The minimum atomic E-state index is -0.501. The Hall–Kier alpha value is -1.62. The highest BCUT2D eigenvalue weighted by Gasteiger charge is 2.16. The van der Waals surface area contributed by atoms with E-state index in [1.165, 1.54) is 12.1 Å². The fourth-order valence-electron chi connectivity index (χ4n) is 1.74. The molecular weight excluding hydrogens is 271 g/mol. The van der Waals surface area contributed by atoms with Gasteiger partial charge in [-0.2, -0.15) is 0 Å². The van der Waals surface area contributed by atoms with E-state index in [4.69, 9.17) is 4.74 Å². The summed E-state index contributed by atoms with van der Waals surface area (Å²) in [6, 6.07) is 4.79. The highest BCUT2D eigenvalue weighted by molar-refractivity contribution is 5.67. The number of aryl methyl sites for hydroxylation is 1. The topological polar surface area (TPSA) is 50.4 Å². The zero-order valence-electron chi connectivity index (χ0n) is 13.4. The average Bonchev–Trinajstić information content (AvgIpc) is 2.35. The number of hydrogen-bond donors (Lipinski definition) is 2. The lowest BCUT2D eigenvalue weighted by Gasteiger charge is -2.21. The van der Waals surface area contributed by atoms with Crippen LogP contribution in [0.15, 0.2) is 18.2 Å². The lowest BCUT2D eigenvalue weighted by atomic mass is 10.1. The maximum Gasteiger partial charge on any atom is 0.407 e. The van der Waals surface area contributed by atoms with Gasteiger partial charge in [0.25, 0.3) is 0 Å². The molecule has 2 N–H and O–H groups in total. The maximum atomic E-state index is 13.2. The molecule has 4 nitrogen and oxygen atoms in total. The molecule has 5 heteroatoms. The van der Waals surface area contributed by atoms with E-state index in [0.29, 0.717) is 13.1 Å². The number of alkyl carbamates (subject to hydrolysis) is 1. The molecule has 1 amide bonds. The van der Waals surface area contributed by atoms with Crippen LogP contribution in [0, 0.1) is 12.7 Å². The van der Waals surface area contributed by atoms with E-state index in [0.717, 1.165) is 11.1 Å². The fourth-order valence-corrected chi connectivity index (χ4v) is 1.74. The number of halogens is 1. The minimum absolute atomic E-state index is 0.0557. The van der Waals surface area contributed by atoms with E-state index in [1.54, 1.807) is 6.07 Å². The Labute approximate surface area is 126 Å². The van der Waals surface area contributed by atoms with Gasteiger partial charge in [0, 0.05) is 19.1 Å². The van der Waals surface area contributed by atoms with Crippen LogP contribution in [-0.2, 0) is 11.3 Å². The van der Waals surface area contributed by atoms with Crippen molar-refractivity contribution in [2.45, 2.75) is 52.8 Å². The van der Waals surface area contributed by atoms with Gasteiger partial charge in [0.2, 0.25) is 0 Å². The monoisotopic (exact) mass is 296 g/mol. The Kier molecular flexibility index (Phi) is 6.15. The van der Waals surface area contributed by atoms with Crippen molar-refractivity contribution in [1.82, 2.24) is 10.6 Å². The molecule has 0 aliphatic rings. The number of hydrogen-bond acceptors (Lipinski definition) is 3. The molecular formula is C16H25FN2O2. The first-order valence-electron chi connectivity index (χ1n) is 7.12. The number of ether oxygens (including phenoxy) is 1. The number of carbonyl (C=O) groups excluding carboxylic acids is 1. The largest absolute Gasteiger partial charge is 0.444 e. The van der Waals surface area contributed by atoms with Crippen LogP contribution in [0.2, 0.25) is 0 Å². The second kappa shape index (κ2) is 7.41. The quantitative estimate of drug-likeness (QED) is 0.877. The molecule has 118 valence electrons. The van der Waals surface area contributed by atoms with Gasteiger partial charge in [-0.3, -0.25) is 0 Å². The highest BCUT2D eigenvalue weighted by atomic mass is 19.1. The van der Waals surface area contributed by atoms with E-state index in [9.17, 15) is 9.18 Å². The molecule has 1 aromatic rings. The second-order valence-corrected chi connectivity index (χ2v) is 6.24. The Morgan fingerprint density at radius 1 is 1.38 bits per heavy atom. The molecule has 1 rings (SSSR count). The summed E-state index contributed by atoms with van der Waals surface area (Å²) in [4.78, 5) is 11.5. The standard InChI is InChI=1S/C16H25FN2O2/c1-11-6-7-14(17)8-13(11)10-18-12(2)9-19-15(20)21-16(3,4)5/h6-8,12,18H,9-10H2,1-5H3,(H,19,20). The number of amides is 1. The third-order valence-corrected chi connectivity index (χ3v) is 2.90. The first kappa shape index (κ1) is 17.4. The Bertz CT molecular complexity index is 484. The van der Waals surface area contributed by atoms with Crippen LogP contribution in [0.25, 0.3) is 0 Å². The molecule has 0 fully saturated rings. The summed E-state index contributed by atoms with van der Waals surface area (Å²) in [5, 5.41) is 5.95. The Morgan fingerprint density at radius 2 is 2.05 bits per heavy atom. The molecule has 1 aromatic carbocycles. The molecule has 0 bridgehead atoms. The van der Waals surface area contributed by atoms with Crippen LogP contribution in [0.3, 0.4) is 0 Å². The molecule has 0 heterocycles. The molecule has 0 saturated carbocycles. The predicted molar refractivity (Wildman–Crippen MR) is 81.7 cm³/mol. The number of rotatable bonds is 5. The minimum Gasteiger partial charge on any atom is -0.444 e. The number of benzene rings is 1. The molecule has 21 heavy (non-hydrogen) atoms. The van der Waals surface area contributed by atoms with Gasteiger partial charge in [-0.15, -0.1) is 0 Å². The normalized spacial score (nSPS) is 12.9. The summed E-state index contributed by atoms with van der Waals surface area (Å²) < 4.78 is 18.3. The fraction of sp³-hybridized carbons (Fsp3) is 0.562. The van der Waals surface area contributed by atoms with Gasteiger partial charge in [0.05, 0.1) is 0 Å². The van der Waals surface area contributed by atoms with E-state index >= 15 is 0 Å². The zero-order valence-corrected chi connectivity index (χ0v) is 13.4.